The SMILES string of the molecule is Fc1c(F)c(C(F)(F)F)c(F)c(F)c1N/N=C/c1ccccc1C(F)(F)F. The smallest absolute Gasteiger partial charge is 0.272 e. The lowest BCUT2D eigenvalue weighted by molar-refractivity contribution is -0.143. The lowest BCUT2D eigenvalue weighted by Crippen LogP contribution is -2.16. The summed E-state index contributed by atoms with van der Waals surface area (Å²) in [4.78, 5) is 0. The van der Waals surface area contributed by atoms with Crippen LogP contribution in [-0.2, 0) is 12.4 Å². The van der Waals surface area contributed by atoms with Crippen molar-refractivity contribution in [3.05, 3.63) is 64.2 Å². The molecule has 0 heterocycles. The summed E-state index contributed by atoms with van der Waals surface area (Å²) in [7, 11) is 0. The quantitative estimate of drug-likeness (QED) is 0.301. The Labute approximate surface area is 144 Å². The molecule has 0 saturated heterocycles. The monoisotopic (exact) mass is 404 g/mol. The predicted octanol–water partition coefficient (Wildman–Crippen LogP) is 5.73. The molecule has 27 heavy (non-hydrogen) atoms. The fourth-order valence-electron chi connectivity index (χ4n) is 2.01. The summed E-state index contributed by atoms with van der Waals surface area (Å²) in [6.07, 6.45) is -10.1. The van der Waals surface area contributed by atoms with E-state index in [0.717, 1.165) is 12.1 Å². The van der Waals surface area contributed by atoms with E-state index in [1.165, 1.54) is 11.5 Å². The lowest BCUT2D eigenvalue weighted by atomic mass is 10.1. The summed E-state index contributed by atoms with van der Waals surface area (Å²) in [6.45, 7) is 0. The van der Waals surface area contributed by atoms with E-state index < -0.39 is 58.0 Å². The number of benzene rings is 2. The Morgan fingerprint density at radius 2 is 1.26 bits per heavy atom. The van der Waals surface area contributed by atoms with E-state index in [-0.39, 0.29) is 0 Å². The van der Waals surface area contributed by atoms with Crippen LogP contribution in [-0.4, -0.2) is 6.21 Å². The zero-order valence-electron chi connectivity index (χ0n) is 12.6. The van der Waals surface area contributed by atoms with Gasteiger partial charge in [-0.05, 0) is 6.07 Å². The Kier molecular flexibility index (Phi) is 5.38. The van der Waals surface area contributed by atoms with Gasteiger partial charge in [0.2, 0.25) is 0 Å². The third-order valence-corrected chi connectivity index (χ3v) is 3.19. The van der Waals surface area contributed by atoms with Gasteiger partial charge in [0.25, 0.3) is 0 Å². The zero-order valence-corrected chi connectivity index (χ0v) is 12.6. The minimum atomic E-state index is -5.72. The average Bonchev–Trinajstić information content (AvgIpc) is 2.54. The molecule has 0 aliphatic rings. The number of hydrogen-bond acceptors (Lipinski definition) is 2. The van der Waals surface area contributed by atoms with Crippen LogP contribution in [0.25, 0.3) is 0 Å². The van der Waals surface area contributed by atoms with E-state index >= 15 is 0 Å². The molecule has 0 fully saturated rings. The summed E-state index contributed by atoms with van der Waals surface area (Å²) in [5.41, 5.74) is -4.90. The molecule has 2 aromatic rings. The van der Waals surface area contributed by atoms with Gasteiger partial charge in [0.05, 0.1) is 11.8 Å². The van der Waals surface area contributed by atoms with Crippen molar-refractivity contribution in [2.75, 3.05) is 5.43 Å². The molecular formula is C15H6F10N2. The number of nitrogens with one attached hydrogen (secondary N) is 1. The Morgan fingerprint density at radius 3 is 1.74 bits per heavy atom. The van der Waals surface area contributed by atoms with Gasteiger partial charge in [-0.2, -0.15) is 31.4 Å². The topological polar surface area (TPSA) is 24.4 Å². The first kappa shape index (κ1) is 20.5. The molecule has 146 valence electrons. The molecule has 0 aromatic heterocycles. The van der Waals surface area contributed by atoms with E-state index in [9.17, 15) is 43.9 Å². The van der Waals surface area contributed by atoms with Crippen molar-refractivity contribution in [3.63, 3.8) is 0 Å². The molecule has 0 radical (unpaired) electrons. The van der Waals surface area contributed by atoms with Crippen LogP contribution in [0.3, 0.4) is 0 Å². The highest BCUT2D eigenvalue weighted by atomic mass is 19.4. The van der Waals surface area contributed by atoms with Gasteiger partial charge in [-0.3, -0.25) is 5.43 Å². The van der Waals surface area contributed by atoms with Crippen LogP contribution in [0.4, 0.5) is 49.6 Å². The number of alkyl halides is 6. The zero-order chi connectivity index (χ0) is 20.6. The number of rotatable bonds is 3. The highest BCUT2D eigenvalue weighted by molar-refractivity contribution is 5.82. The van der Waals surface area contributed by atoms with E-state index in [4.69, 9.17) is 0 Å². The van der Waals surface area contributed by atoms with Crippen molar-refractivity contribution in [2.45, 2.75) is 12.4 Å². The van der Waals surface area contributed by atoms with Crippen molar-refractivity contribution < 1.29 is 43.9 Å². The largest absolute Gasteiger partial charge is 0.422 e. The number of anilines is 1. The minimum absolute atomic E-state index is 0.426. The Hall–Kier alpha value is -2.79. The van der Waals surface area contributed by atoms with Crippen LogP contribution in [0.2, 0.25) is 0 Å². The van der Waals surface area contributed by atoms with Crippen LogP contribution in [0.5, 0.6) is 0 Å². The summed E-state index contributed by atoms with van der Waals surface area (Å²) in [6, 6.07) is 3.82. The lowest BCUT2D eigenvalue weighted by Gasteiger charge is -2.13. The molecule has 0 bridgehead atoms. The van der Waals surface area contributed by atoms with Crippen LogP contribution in [0, 0.1) is 23.3 Å². The van der Waals surface area contributed by atoms with E-state index in [0.29, 0.717) is 12.3 Å². The number of hydrogen-bond donors (Lipinski definition) is 1. The van der Waals surface area contributed by atoms with Gasteiger partial charge in [0, 0.05) is 5.56 Å². The molecule has 2 nitrogen and oxygen atoms in total. The van der Waals surface area contributed by atoms with E-state index in [1.807, 2.05) is 0 Å². The highest BCUT2D eigenvalue weighted by Crippen LogP contribution is 2.38. The van der Waals surface area contributed by atoms with Gasteiger partial charge in [0.1, 0.15) is 11.3 Å². The van der Waals surface area contributed by atoms with Gasteiger partial charge in [0.15, 0.2) is 23.3 Å². The second-order valence-electron chi connectivity index (χ2n) is 4.96. The maximum atomic E-state index is 13.6. The number of halogens is 10. The Balaban J connectivity index is 2.42. The molecule has 0 unspecified atom stereocenters. The van der Waals surface area contributed by atoms with Gasteiger partial charge in [-0.15, -0.1) is 0 Å². The minimum Gasteiger partial charge on any atom is -0.272 e. The van der Waals surface area contributed by atoms with Gasteiger partial charge >= 0.3 is 12.4 Å². The summed E-state index contributed by atoms with van der Waals surface area (Å²) in [5.74, 6) is -10.3. The van der Waals surface area contributed by atoms with Gasteiger partial charge < -0.3 is 0 Å². The normalized spacial score (nSPS) is 12.7. The molecule has 0 amide bonds. The van der Waals surface area contributed by atoms with E-state index in [1.54, 1.807) is 0 Å². The number of nitrogens with zero attached hydrogens (tertiary/aromatic N) is 1. The third kappa shape index (κ3) is 4.14. The summed E-state index contributed by atoms with van der Waals surface area (Å²) < 4.78 is 130. The maximum Gasteiger partial charge on any atom is 0.422 e. The second kappa shape index (κ2) is 7.08. The highest BCUT2D eigenvalue weighted by Gasteiger charge is 2.42. The molecule has 0 aliphatic heterocycles. The van der Waals surface area contributed by atoms with Crippen LogP contribution < -0.4 is 5.43 Å². The molecule has 0 atom stereocenters. The fourth-order valence-corrected chi connectivity index (χ4v) is 2.01. The molecule has 1 N–H and O–H groups in total. The van der Waals surface area contributed by atoms with Crippen LogP contribution >= 0.6 is 0 Å². The molecule has 0 saturated carbocycles. The van der Waals surface area contributed by atoms with Crippen molar-refractivity contribution in [1.29, 1.82) is 0 Å². The standard InChI is InChI=1S/C15H6F10N2/c16-9-8(15(23,24)25)10(17)12(19)13(11(9)18)27-26-5-6-3-1-2-4-7(6)14(20,21)22/h1-5,27H/b26-5+. The first-order valence-electron chi connectivity index (χ1n) is 6.74. The molecule has 0 aliphatic carbocycles. The van der Waals surface area contributed by atoms with Gasteiger partial charge in [-0.1, -0.05) is 18.2 Å². The first-order valence-corrected chi connectivity index (χ1v) is 6.74. The average molecular weight is 404 g/mol. The fraction of sp³-hybridized carbons (Fsp3) is 0.133. The summed E-state index contributed by atoms with van der Waals surface area (Å²) in [5, 5.41) is 3.01. The molecule has 2 aromatic carbocycles. The maximum absolute atomic E-state index is 13.6. The predicted molar refractivity (Wildman–Crippen MR) is 73.9 cm³/mol. The van der Waals surface area contributed by atoms with Crippen molar-refractivity contribution >= 4 is 11.9 Å². The third-order valence-electron chi connectivity index (χ3n) is 3.19. The van der Waals surface area contributed by atoms with E-state index in [2.05, 4.69) is 5.10 Å². The second-order valence-corrected chi connectivity index (χ2v) is 4.96. The van der Waals surface area contributed by atoms with Gasteiger partial charge in [-0.25, -0.2) is 17.6 Å². The van der Waals surface area contributed by atoms with Crippen LogP contribution in [0.15, 0.2) is 29.4 Å². The molecular weight excluding hydrogens is 398 g/mol. The van der Waals surface area contributed by atoms with Crippen molar-refractivity contribution in [2.24, 2.45) is 5.10 Å². The molecule has 0 spiro atoms. The van der Waals surface area contributed by atoms with Crippen molar-refractivity contribution in [3.8, 4) is 0 Å². The Bertz CT molecular complexity index is 854. The molecule has 2 rings (SSSR count). The molecule has 12 heteroatoms. The first-order chi connectivity index (χ1) is 12.4. The Morgan fingerprint density at radius 1 is 0.741 bits per heavy atom. The summed E-state index contributed by atoms with van der Waals surface area (Å²) >= 11 is 0. The van der Waals surface area contributed by atoms with Crippen LogP contribution in [0.1, 0.15) is 16.7 Å². The number of hydrazone groups is 1. The van der Waals surface area contributed by atoms with Crippen molar-refractivity contribution in [1.82, 2.24) is 0 Å².